The number of halogens is 2. The van der Waals surface area contributed by atoms with Crippen LogP contribution in [0.1, 0.15) is 25.0 Å². The van der Waals surface area contributed by atoms with E-state index in [0.29, 0.717) is 28.1 Å². The monoisotopic (exact) mass is 469 g/mol. The van der Waals surface area contributed by atoms with E-state index in [1.54, 1.807) is 19.9 Å². The van der Waals surface area contributed by atoms with Crippen molar-refractivity contribution < 1.29 is 13.9 Å². The summed E-state index contributed by atoms with van der Waals surface area (Å²) in [6, 6.07) is 7.76. The fourth-order valence-electron chi connectivity index (χ4n) is 4.00. The molecule has 0 saturated carbocycles. The lowest BCUT2D eigenvalue weighted by Crippen LogP contribution is -2.53. The van der Waals surface area contributed by atoms with Crippen LogP contribution in [0.25, 0.3) is 11.0 Å². The normalized spacial score (nSPS) is 24.8. The van der Waals surface area contributed by atoms with Gasteiger partial charge in [0.15, 0.2) is 11.0 Å². The van der Waals surface area contributed by atoms with Crippen molar-refractivity contribution in [2.75, 3.05) is 18.6 Å². The summed E-state index contributed by atoms with van der Waals surface area (Å²) in [6.45, 7) is 2.20. The number of hydrogen-bond donors (Lipinski definition) is 3. The molecule has 0 spiro atoms. The topological polar surface area (TPSA) is 133 Å². The Labute approximate surface area is 193 Å². The van der Waals surface area contributed by atoms with Crippen molar-refractivity contribution in [2.24, 2.45) is 16.6 Å². The van der Waals surface area contributed by atoms with Gasteiger partial charge in [-0.1, -0.05) is 18.7 Å². The molecule has 11 heteroatoms. The summed E-state index contributed by atoms with van der Waals surface area (Å²) >= 11 is 1.15. The molecule has 3 heterocycles. The van der Waals surface area contributed by atoms with Gasteiger partial charge in [-0.3, -0.25) is 0 Å². The van der Waals surface area contributed by atoms with Crippen LogP contribution in [0.5, 0.6) is 0 Å². The van der Waals surface area contributed by atoms with Gasteiger partial charge in [0.2, 0.25) is 0 Å². The molecule has 0 fully saturated rings. The first-order valence-corrected chi connectivity index (χ1v) is 10.9. The minimum absolute atomic E-state index is 0.0171. The number of nitrogens with two attached hydrogens (primary N) is 1. The number of fused-ring (bicyclic) bond motifs is 1. The van der Waals surface area contributed by atoms with Crippen molar-refractivity contribution in [2.45, 2.75) is 24.1 Å². The first-order chi connectivity index (χ1) is 15.8. The second kappa shape index (κ2) is 8.53. The average Bonchev–Trinajstić information content (AvgIpc) is 2.82. The van der Waals surface area contributed by atoms with Gasteiger partial charge in [0.1, 0.15) is 35.9 Å². The van der Waals surface area contributed by atoms with Crippen molar-refractivity contribution >= 4 is 39.5 Å². The van der Waals surface area contributed by atoms with E-state index in [1.165, 1.54) is 30.7 Å². The zero-order valence-corrected chi connectivity index (χ0v) is 18.7. The number of rotatable bonds is 5. The van der Waals surface area contributed by atoms with Gasteiger partial charge in [-0.25, -0.2) is 28.7 Å². The summed E-state index contributed by atoms with van der Waals surface area (Å²) in [5.41, 5.74) is 6.05. The molecule has 1 aliphatic heterocycles. The van der Waals surface area contributed by atoms with Gasteiger partial charge in [-0.15, -0.1) is 0 Å². The standard InChI is InChI=1S/C22H21F2N7OS/c1-12-21(2,10-32)33-20(26)31-22(12,9-23)15-6-14(3-4-16(15)24)30-19-18-17(28-11-29-19)5-13(7-25)8-27-18/h3-6,8,11-12,32H,9-10H2,1-2H3,(H2,26,31)(H,28,29,30)/t12-,21-,22+/m1/s1. The number of aliphatic hydroxyl groups is 1. The Morgan fingerprint density at radius 2 is 2.09 bits per heavy atom. The summed E-state index contributed by atoms with van der Waals surface area (Å²) in [4.78, 5) is 16.9. The van der Waals surface area contributed by atoms with E-state index < -0.39 is 28.7 Å². The van der Waals surface area contributed by atoms with E-state index in [4.69, 9.17) is 11.0 Å². The van der Waals surface area contributed by atoms with Crippen molar-refractivity contribution in [3.63, 3.8) is 0 Å². The molecule has 4 N–H and O–H groups in total. The van der Waals surface area contributed by atoms with Crippen molar-refractivity contribution in [1.82, 2.24) is 15.0 Å². The zero-order valence-electron chi connectivity index (χ0n) is 17.9. The molecule has 0 saturated heterocycles. The Kier molecular flexibility index (Phi) is 5.90. The summed E-state index contributed by atoms with van der Waals surface area (Å²) in [5, 5.41) is 22.2. The summed E-state index contributed by atoms with van der Waals surface area (Å²) in [7, 11) is 0. The lowest BCUT2D eigenvalue weighted by Gasteiger charge is -2.47. The molecule has 0 aliphatic carbocycles. The first kappa shape index (κ1) is 22.8. The molecule has 0 radical (unpaired) electrons. The van der Waals surface area contributed by atoms with Crippen LogP contribution in [-0.4, -0.2) is 43.3 Å². The van der Waals surface area contributed by atoms with Crippen LogP contribution in [0.2, 0.25) is 0 Å². The Morgan fingerprint density at radius 3 is 2.79 bits per heavy atom. The molecular formula is C22H21F2N7OS. The average molecular weight is 470 g/mol. The fourth-order valence-corrected chi connectivity index (χ4v) is 5.12. The van der Waals surface area contributed by atoms with Crippen molar-refractivity contribution in [3.8, 4) is 6.07 Å². The second-order valence-corrected chi connectivity index (χ2v) is 9.60. The highest BCUT2D eigenvalue weighted by Crippen LogP contribution is 2.50. The Balaban J connectivity index is 1.80. The predicted octanol–water partition coefficient (Wildman–Crippen LogP) is 3.39. The van der Waals surface area contributed by atoms with Gasteiger partial charge in [-0.2, -0.15) is 5.26 Å². The van der Waals surface area contributed by atoms with Crippen LogP contribution >= 0.6 is 11.8 Å². The van der Waals surface area contributed by atoms with E-state index in [0.717, 1.165) is 11.8 Å². The van der Waals surface area contributed by atoms with E-state index >= 15 is 4.39 Å². The number of aliphatic hydroxyl groups excluding tert-OH is 1. The highest BCUT2D eigenvalue weighted by Gasteiger charge is 2.52. The number of nitriles is 1. The third-order valence-corrected chi connectivity index (χ3v) is 7.35. The number of benzene rings is 1. The number of nitrogens with one attached hydrogen (secondary N) is 1. The largest absolute Gasteiger partial charge is 0.395 e. The fraction of sp³-hybridized carbons (Fsp3) is 0.318. The number of aliphatic imine (C=N–C) groups is 1. The van der Waals surface area contributed by atoms with Crippen LogP contribution < -0.4 is 11.1 Å². The molecule has 0 unspecified atom stereocenters. The van der Waals surface area contributed by atoms with Crippen LogP contribution in [0.15, 0.2) is 41.8 Å². The second-order valence-electron chi connectivity index (χ2n) is 8.05. The lowest BCUT2D eigenvalue weighted by atomic mass is 9.73. The van der Waals surface area contributed by atoms with E-state index in [1.807, 2.05) is 6.07 Å². The molecule has 0 bridgehead atoms. The van der Waals surface area contributed by atoms with Crippen LogP contribution in [0.3, 0.4) is 0 Å². The minimum Gasteiger partial charge on any atom is -0.395 e. The van der Waals surface area contributed by atoms with Crippen LogP contribution in [-0.2, 0) is 5.54 Å². The number of anilines is 2. The molecule has 8 nitrogen and oxygen atoms in total. The summed E-state index contributed by atoms with van der Waals surface area (Å²) in [5.74, 6) is -0.877. The number of aromatic nitrogens is 3. The van der Waals surface area contributed by atoms with Gasteiger partial charge in [0.25, 0.3) is 0 Å². The maximum atomic E-state index is 15.1. The van der Waals surface area contributed by atoms with Gasteiger partial charge >= 0.3 is 0 Å². The molecule has 3 atom stereocenters. The summed E-state index contributed by atoms with van der Waals surface area (Å²) < 4.78 is 28.9. The molecular weight excluding hydrogens is 448 g/mol. The van der Waals surface area contributed by atoms with Crippen molar-refractivity contribution in [1.29, 1.82) is 5.26 Å². The number of alkyl halides is 1. The number of hydrogen-bond acceptors (Lipinski definition) is 9. The molecule has 170 valence electrons. The quantitative estimate of drug-likeness (QED) is 0.518. The zero-order chi connectivity index (χ0) is 23.8. The third-order valence-electron chi connectivity index (χ3n) is 6.10. The summed E-state index contributed by atoms with van der Waals surface area (Å²) in [6.07, 6.45) is 2.72. The van der Waals surface area contributed by atoms with Gasteiger partial charge < -0.3 is 16.2 Å². The molecule has 4 rings (SSSR count). The molecule has 1 aromatic carbocycles. The van der Waals surface area contributed by atoms with Gasteiger partial charge in [-0.05, 0) is 31.2 Å². The molecule has 3 aromatic rings. The Hall–Kier alpha value is -3.36. The SMILES string of the molecule is C[C@@H]1[C@@](C)(CO)SC(N)=N[C@]1(CF)c1cc(Nc2ncnc3cc(C#N)cnc23)ccc1F. The van der Waals surface area contributed by atoms with Gasteiger partial charge in [0, 0.05) is 28.1 Å². The van der Waals surface area contributed by atoms with E-state index in [9.17, 15) is 9.50 Å². The first-order valence-electron chi connectivity index (χ1n) is 10.1. The molecule has 33 heavy (non-hydrogen) atoms. The minimum atomic E-state index is -1.61. The third kappa shape index (κ3) is 3.85. The van der Waals surface area contributed by atoms with Crippen LogP contribution in [0.4, 0.5) is 20.3 Å². The highest BCUT2D eigenvalue weighted by molar-refractivity contribution is 8.15. The maximum absolute atomic E-state index is 15.1. The molecule has 0 amide bonds. The van der Waals surface area contributed by atoms with E-state index in [2.05, 4.69) is 25.3 Å². The van der Waals surface area contributed by atoms with Gasteiger partial charge in [0.05, 0.1) is 17.7 Å². The lowest BCUT2D eigenvalue weighted by molar-refractivity contribution is 0.137. The smallest absolute Gasteiger partial charge is 0.160 e. The maximum Gasteiger partial charge on any atom is 0.160 e. The Morgan fingerprint density at radius 1 is 1.30 bits per heavy atom. The predicted molar refractivity (Wildman–Crippen MR) is 123 cm³/mol. The van der Waals surface area contributed by atoms with Crippen LogP contribution in [0, 0.1) is 23.1 Å². The highest BCUT2D eigenvalue weighted by atomic mass is 32.2. The number of nitrogens with zero attached hydrogens (tertiary/aromatic N) is 5. The van der Waals surface area contributed by atoms with E-state index in [-0.39, 0.29) is 17.3 Å². The number of amidine groups is 1. The molecule has 1 aliphatic rings. The number of thioether (sulfide) groups is 1. The number of pyridine rings is 1. The molecule has 2 aromatic heterocycles. The van der Waals surface area contributed by atoms with Crippen molar-refractivity contribution in [3.05, 3.63) is 53.7 Å². The Bertz CT molecular complexity index is 1300.